The van der Waals surface area contributed by atoms with Gasteiger partial charge in [0.2, 0.25) is 5.91 Å². The van der Waals surface area contributed by atoms with Crippen LogP contribution in [0.15, 0.2) is 38.3 Å². The molecule has 0 radical (unpaired) electrons. The van der Waals surface area contributed by atoms with Crippen LogP contribution in [0.5, 0.6) is 5.75 Å². The molecule has 0 saturated heterocycles. The van der Waals surface area contributed by atoms with Crippen molar-refractivity contribution in [1.29, 1.82) is 0 Å². The van der Waals surface area contributed by atoms with E-state index in [1.54, 1.807) is 14.0 Å². The molecule has 1 amide bonds. The molecule has 0 bridgehead atoms. The largest absolute Gasteiger partial charge is 0.496 e. The fraction of sp³-hybridized carbons (Fsp3) is 0.250. The Morgan fingerprint density at radius 1 is 1.44 bits per heavy atom. The van der Waals surface area contributed by atoms with Gasteiger partial charge in [0.05, 0.1) is 12.8 Å². The van der Waals surface area contributed by atoms with Crippen molar-refractivity contribution in [2.24, 2.45) is 0 Å². The predicted molar refractivity (Wildman–Crippen MR) is 93.3 cm³/mol. The first-order valence-electron chi connectivity index (χ1n) is 7.40. The van der Waals surface area contributed by atoms with Crippen LogP contribution in [0.2, 0.25) is 0 Å². The smallest absolute Gasteiger partial charge is 0.267 e. The van der Waals surface area contributed by atoms with Crippen molar-refractivity contribution in [2.45, 2.75) is 20.0 Å². The van der Waals surface area contributed by atoms with Crippen molar-refractivity contribution >= 4 is 32.9 Å². The standard InChI is InChI=1S/C16H15BrN4O4/c1-9-14-15(25-20-9)19-8-21(16(14)23)7-13(22)18-6-10-5-11(17)3-4-12(10)24-2/h3-5,8H,6-7H2,1-2H3,(H,18,22). The molecule has 1 N–H and O–H groups in total. The summed E-state index contributed by atoms with van der Waals surface area (Å²) in [5.41, 5.74) is 1.07. The van der Waals surface area contributed by atoms with Crippen molar-refractivity contribution in [3.8, 4) is 5.75 Å². The maximum Gasteiger partial charge on any atom is 0.267 e. The molecule has 0 atom stereocenters. The fourth-order valence-corrected chi connectivity index (χ4v) is 2.82. The molecular formula is C16H15BrN4O4. The monoisotopic (exact) mass is 406 g/mol. The molecule has 2 heterocycles. The molecule has 25 heavy (non-hydrogen) atoms. The molecule has 8 nitrogen and oxygen atoms in total. The van der Waals surface area contributed by atoms with Crippen molar-refractivity contribution in [3.63, 3.8) is 0 Å². The van der Waals surface area contributed by atoms with Crippen LogP contribution in [0.25, 0.3) is 11.1 Å². The van der Waals surface area contributed by atoms with Gasteiger partial charge in [0.25, 0.3) is 11.3 Å². The first-order valence-corrected chi connectivity index (χ1v) is 8.19. The van der Waals surface area contributed by atoms with Gasteiger partial charge in [0.1, 0.15) is 24.0 Å². The molecule has 0 aliphatic carbocycles. The second kappa shape index (κ2) is 7.06. The van der Waals surface area contributed by atoms with E-state index in [2.05, 4.69) is 31.4 Å². The van der Waals surface area contributed by atoms with Gasteiger partial charge >= 0.3 is 0 Å². The van der Waals surface area contributed by atoms with Crippen LogP contribution in [0.3, 0.4) is 0 Å². The van der Waals surface area contributed by atoms with Crippen LogP contribution in [0.1, 0.15) is 11.3 Å². The molecule has 0 aliphatic heterocycles. The number of halogens is 1. The molecule has 1 aromatic carbocycles. The number of aromatic nitrogens is 3. The molecule has 3 rings (SSSR count). The summed E-state index contributed by atoms with van der Waals surface area (Å²) in [5.74, 6) is 0.350. The molecule has 130 valence electrons. The SMILES string of the molecule is COc1ccc(Br)cc1CNC(=O)Cn1cnc2onc(C)c2c1=O. The average molecular weight is 407 g/mol. The quantitative estimate of drug-likeness (QED) is 0.692. The number of carbonyl (C=O) groups excluding carboxylic acids is 1. The number of amides is 1. The van der Waals surface area contributed by atoms with Crippen LogP contribution >= 0.6 is 15.9 Å². The Morgan fingerprint density at radius 2 is 2.24 bits per heavy atom. The van der Waals surface area contributed by atoms with Crippen molar-refractivity contribution in [1.82, 2.24) is 20.0 Å². The summed E-state index contributed by atoms with van der Waals surface area (Å²) in [7, 11) is 1.57. The van der Waals surface area contributed by atoms with Gasteiger partial charge in [-0.05, 0) is 25.1 Å². The minimum absolute atomic E-state index is 0.150. The molecule has 3 aromatic rings. The molecule has 2 aromatic heterocycles. The average Bonchev–Trinajstić information content (AvgIpc) is 2.97. The van der Waals surface area contributed by atoms with Crippen LogP contribution in [0, 0.1) is 6.92 Å². The Bertz CT molecular complexity index is 995. The van der Waals surface area contributed by atoms with E-state index in [1.165, 1.54) is 10.9 Å². The van der Waals surface area contributed by atoms with Crippen molar-refractivity contribution in [3.05, 3.63) is 50.6 Å². The zero-order valence-electron chi connectivity index (χ0n) is 13.6. The number of methoxy groups -OCH3 is 1. The highest BCUT2D eigenvalue weighted by molar-refractivity contribution is 9.10. The highest BCUT2D eigenvalue weighted by Gasteiger charge is 2.14. The maximum absolute atomic E-state index is 12.4. The van der Waals surface area contributed by atoms with Gasteiger partial charge in [-0.25, -0.2) is 4.98 Å². The number of carbonyl (C=O) groups is 1. The maximum atomic E-state index is 12.4. The normalized spacial score (nSPS) is 10.8. The van der Waals surface area contributed by atoms with E-state index in [4.69, 9.17) is 9.26 Å². The zero-order chi connectivity index (χ0) is 18.0. The molecule has 0 fully saturated rings. The molecule has 0 unspecified atom stereocenters. The van der Waals surface area contributed by atoms with E-state index in [0.29, 0.717) is 11.4 Å². The minimum atomic E-state index is -0.362. The molecule has 0 aliphatic rings. The van der Waals surface area contributed by atoms with Gasteiger partial charge in [-0.1, -0.05) is 21.1 Å². The number of ether oxygens (including phenoxy) is 1. The summed E-state index contributed by atoms with van der Waals surface area (Å²) in [6.45, 7) is 1.78. The van der Waals surface area contributed by atoms with E-state index >= 15 is 0 Å². The van der Waals surface area contributed by atoms with E-state index in [9.17, 15) is 9.59 Å². The lowest BCUT2D eigenvalue weighted by molar-refractivity contribution is -0.121. The summed E-state index contributed by atoms with van der Waals surface area (Å²) < 4.78 is 12.3. The van der Waals surface area contributed by atoms with Crippen LogP contribution in [-0.4, -0.2) is 27.7 Å². The third-order valence-electron chi connectivity index (χ3n) is 3.67. The summed E-state index contributed by atoms with van der Waals surface area (Å²) in [4.78, 5) is 28.6. The highest BCUT2D eigenvalue weighted by atomic mass is 79.9. The topological polar surface area (TPSA) is 99.2 Å². The lowest BCUT2D eigenvalue weighted by Crippen LogP contribution is -2.32. The Balaban J connectivity index is 1.73. The van der Waals surface area contributed by atoms with E-state index < -0.39 is 0 Å². The molecule has 9 heteroatoms. The molecular weight excluding hydrogens is 392 g/mol. The fourth-order valence-electron chi connectivity index (χ4n) is 2.41. The van der Waals surface area contributed by atoms with Gasteiger partial charge < -0.3 is 14.6 Å². The first-order chi connectivity index (χ1) is 12.0. The van der Waals surface area contributed by atoms with E-state index in [1.807, 2.05) is 18.2 Å². The van der Waals surface area contributed by atoms with Gasteiger partial charge in [-0.15, -0.1) is 0 Å². The number of nitrogens with zero attached hydrogens (tertiary/aromatic N) is 3. The molecule has 0 spiro atoms. The van der Waals surface area contributed by atoms with Crippen LogP contribution < -0.4 is 15.6 Å². The van der Waals surface area contributed by atoms with Gasteiger partial charge in [0.15, 0.2) is 0 Å². The van der Waals surface area contributed by atoms with Crippen molar-refractivity contribution < 1.29 is 14.1 Å². The number of benzene rings is 1. The second-order valence-electron chi connectivity index (χ2n) is 5.36. The number of nitrogens with one attached hydrogen (secondary N) is 1. The third-order valence-corrected chi connectivity index (χ3v) is 4.16. The Labute approximate surface area is 150 Å². The Morgan fingerprint density at radius 3 is 3.00 bits per heavy atom. The summed E-state index contributed by atoms with van der Waals surface area (Å²) in [6.07, 6.45) is 1.27. The van der Waals surface area contributed by atoms with E-state index in [0.717, 1.165) is 10.0 Å². The first kappa shape index (κ1) is 17.2. The third kappa shape index (κ3) is 3.55. The van der Waals surface area contributed by atoms with Gasteiger partial charge in [-0.2, -0.15) is 0 Å². The van der Waals surface area contributed by atoms with Crippen LogP contribution in [0.4, 0.5) is 0 Å². The number of hydrogen-bond acceptors (Lipinski definition) is 6. The van der Waals surface area contributed by atoms with E-state index in [-0.39, 0.29) is 35.7 Å². The summed E-state index contributed by atoms with van der Waals surface area (Å²) >= 11 is 3.38. The number of aryl methyl sites for hydroxylation is 1. The lowest BCUT2D eigenvalue weighted by Gasteiger charge is -2.11. The zero-order valence-corrected chi connectivity index (χ0v) is 15.2. The molecule has 0 saturated carbocycles. The number of rotatable bonds is 5. The predicted octanol–water partition coefficient (Wildman–Crippen LogP) is 1.78. The highest BCUT2D eigenvalue weighted by Crippen LogP contribution is 2.22. The van der Waals surface area contributed by atoms with Crippen molar-refractivity contribution in [2.75, 3.05) is 7.11 Å². The second-order valence-corrected chi connectivity index (χ2v) is 6.27. The Kier molecular flexibility index (Phi) is 4.84. The van der Waals surface area contributed by atoms with Gasteiger partial charge in [0, 0.05) is 16.6 Å². The van der Waals surface area contributed by atoms with Crippen LogP contribution in [-0.2, 0) is 17.9 Å². The number of fused-ring (bicyclic) bond motifs is 1. The minimum Gasteiger partial charge on any atom is -0.496 e. The number of hydrogen-bond donors (Lipinski definition) is 1. The Hall–Kier alpha value is -2.68. The summed E-state index contributed by atoms with van der Waals surface area (Å²) in [5, 5.41) is 6.76. The van der Waals surface area contributed by atoms with Gasteiger partial charge in [-0.3, -0.25) is 14.2 Å². The lowest BCUT2D eigenvalue weighted by atomic mass is 10.2. The summed E-state index contributed by atoms with van der Waals surface area (Å²) in [6, 6.07) is 5.52.